The summed E-state index contributed by atoms with van der Waals surface area (Å²) in [7, 11) is 0. The Bertz CT molecular complexity index is 390. The Morgan fingerprint density at radius 1 is 1.39 bits per heavy atom. The van der Waals surface area contributed by atoms with Crippen molar-refractivity contribution in [3.05, 3.63) is 35.4 Å². The molecule has 0 spiro atoms. The van der Waals surface area contributed by atoms with Crippen LogP contribution in [0.2, 0.25) is 0 Å². The highest BCUT2D eigenvalue weighted by Crippen LogP contribution is 2.07. The van der Waals surface area contributed by atoms with Gasteiger partial charge in [-0.25, -0.2) is 0 Å². The third kappa shape index (κ3) is 6.06. The average molecular weight is 268 g/mol. The van der Waals surface area contributed by atoms with Crippen molar-refractivity contribution in [2.24, 2.45) is 0 Å². The monoisotopic (exact) mass is 267 g/mol. The lowest BCUT2D eigenvalue weighted by molar-refractivity contribution is -0.121. The maximum absolute atomic E-state index is 11.7. The van der Waals surface area contributed by atoms with Crippen molar-refractivity contribution in [2.75, 3.05) is 0 Å². The van der Waals surface area contributed by atoms with Gasteiger partial charge in [0.2, 0.25) is 5.91 Å². The van der Waals surface area contributed by atoms with Gasteiger partial charge in [-0.15, -0.1) is 11.6 Å². The molecule has 0 aliphatic carbocycles. The largest absolute Gasteiger partial charge is 0.354 e. The zero-order chi connectivity index (χ0) is 13.5. The highest BCUT2D eigenvalue weighted by Gasteiger charge is 2.09. The zero-order valence-corrected chi connectivity index (χ0v) is 12.1. The minimum atomic E-state index is 0.0945. The van der Waals surface area contributed by atoms with Crippen LogP contribution in [0.25, 0.3) is 0 Å². The molecule has 1 aromatic rings. The number of amides is 1. The van der Waals surface area contributed by atoms with E-state index in [1.165, 1.54) is 11.1 Å². The number of alkyl halides is 1. The molecule has 100 valence electrons. The molecule has 0 bridgehead atoms. The van der Waals surface area contributed by atoms with E-state index < -0.39 is 0 Å². The first-order valence-electron chi connectivity index (χ1n) is 6.46. The molecule has 1 aromatic carbocycles. The molecule has 2 unspecified atom stereocenters. The Morgan fingerprint density at radius 2 is 2.11 bits per heavy atom. The molecule has 1 amide bonds. The van der Waals surface area contributed by atoms with Crippen LogP contribution in [0, 0.1) is 6.92 Å². The van der Waals surface area contributed by atoms with Crippen molar-refractivity contribution in [3.8, 4) is 0 Å². The molecule has 0 aromatic heterocycles. The van der Waals surface area contributed by atoms with Gasteiger partial charge >= 0.3 is 0 Å². The molecule has 2 atom stereocenters. The van der Waals surface area contributed by atoms with Crippen LogP contribution in [-0.4, -0.2) is 17.3 Å². The van der Waals surface area contributed by atoms with Crippen LogP contribution in [0.4, 0.5) is 0 Å². The van der Waals surface area contributed by atoms with E-state index in [2.05, 4.69) is 30.4 Å². The van der Waals surface area contributed by atoms with Crippen molar-refractivity contribution in [1.82, 2.24) is 5.32 Å². The number of halogens is 1. The topological polar surface area (TPSA) is 29.1 Å². The predicted molar refractivity (Wildman–Crippen MR) is 77.0 cm³/mol. The van der Waals surface area contributed by atoms with E-state index in [0.717, 1.165) is 12.8 Å². The Labute approximate surface area is 115 Å². The third-order valence-electron chi connectivity index (χ3n) is 2.81. The van der Waals surface area contributed by atoms with Gasteiger partial charge in [-0.05, 0) is 39.2 Å². The minimum absolute atomic E-state index is 0.0945. The summed E-state index contributed by atoms with van der Waals surface area (Å²) in [6, 6.07) is 8.41. The van der Waals surface area contributed by atoms with Gasteiger partial charge in [0.1, 0.15) is 0 Å². The second-order valence-electron chi connectivity index (χ2n) is 4.97. The van der Waals surface area contributed by atoms with Crippen molar-refractivity contribution < 1.29 is 4.79 Å². The molecule has 0 radical (unpaired) electrons. The van der Waals surface area contributed by atoms with E-state index in [9.17, 15) is 4.79 Å². The quantitative estimate of drug-likeness (QED) is 0.786. The number of rotatable bonds is 6. The Hall–Kier alpha value is -1.02. The molecule has 2 nitrogen and oxygen atoms in total. The van der Waals surface area contributed by atoms with E-state index in [-0.39, 0.29) is 17.3 Å². The van der Waals surface area contributed by atoms with Gasteiger partial charge in [-0.3, -0.25) is 4.79 Å². The summed E-state index contributed by atoms with van der Waals surface area (Å²) in [6.07, 6.45) is 2.12. The molecule has 0 saturated carbocycles. The van der Waals surface area contributed by atoms with E-state index in [1.807, 2.05) is 19.9 Å². The summed E-state index contributed by atoms with van der Waals surface area (Å²) in [5.41, 5.74) is 2.45. The Kier molecular flexibility index (Phi) is 6.20. The summed E-state index contributed by atoms with van der Waals surface area (Å²) in [5, 5.41) is 3.07. The van der Waals surface area contributed by atoms with Gasteiger partial charge in [0.15, 0.2) is 0 Å². The van der Waals surface area contributed by atoms with Crippen LogP contribution in [0.15, 0.2) is 24.3 Å². The third-order valence-corrected chi connectivity index (χ3v) is 2.99. The van der Waals surface area contributed by atoms with Crippen molar-refractivity contribution in [1.29, 1.82) is 0 Å². The molecule has 18 heavy (non-hydrogen) atoms. The summed E-state index contributed by atoms with van der Waals surface area (Å²) in [6.45, 7) is 5.99. The highest BCUT2D eigenvalue weighted by molar-refractivity contribution is 6.20. The minimum Gasteiger partial charge on any atom is -0.354 e. The fourth-order valence-electron chi connectivity index (χ4n) is 2.02. The molecule has 0 saturated heterocycles. The first kappa shape index (κ1) is 15.0. The van der Waals surface area contributed by atoms with E-state index in [4.69, 9.17) is 11.6 Å². The number of carbonyl (C=O) groups excluding carboxylic acids is 1. The molecule has 3 heteroatoms. The second kappa shape index (κ2) is 7.42. The molecule has 1 rings (SSSR count). The van der Waals surface area contributed by atoms with Gasteiger partial charge in [-0.2, -0.15) is 0 Å². The van der Waals surface area contributed by atoms with Crippen molar-refractivity contribution in [3.63, 3.8) is 0 Å². The number of benzene rings is 1. The molecular weight excluding hydrogens is 246 g/mol. The van der Waals surface area contributed by atoms with Gasteiger partial charge in [0.05, 0.1) is 0 Å². The van der Waals surface area contributed by atoms with Crippen LogP contribution in [0.5, 0.6) is 0 Å². The van der Waals surface area contributed by atoms with E-state index >= 15 is 0 Å². The molecule has 1 N–H and O–H groups in total. The highest BCUT2D eigenvalue weighted by atomic mass is 35.5. The molecule has 0 fully saturated rings. The smallest absolute Gasteiger partial charge is 0.220 e. The SMILES string of the molecule is Cc1cccc(CCC(=O)NC(C)CC(C)Cl)c1. The van der Waals surface area contributed by atoms with Gasteiger partial charge < -0.3 is 5.32 Å². The Balaban J connectivity index is 2.33. The number of hydrogen-bond donors (Lipinski definition) is 1. The number of aryl methyl sites for hydroxylation is 2. The lowest BCUT2D eigenvalue weighted by Crippen LogP contribution is -2.34. The fraction of sp³-hybridized carbons (Fsp3) is 0.533. The molecule has 0 aliphatic rings. The van der Waals surface area contributed by atoms with E-state index in [1.54, 1.807) is 0 Å². The maximum atomic E-state index is 11.7. The fourth-order valence-corrected chi connectivity index (χ4v) is 2.29. The Morgan fingerprint density at radius 3 is 2.72 bits per heavy atom. The molecular formula is C15H22ClNO. The zero-order valence-electron chi connectivity index (χ0n) is 11.4. The normalized spacial score (nSPS) is 14.0. The number of carbonyl (C=O) groups is 1. The average Bonchev–Trinajstić information content (AvgIpc) is 2.25. The first-order chi connectivity index (χ1) is 8.47. The van der Waals surface area contributed by atoms with Crippen LogP contribution >= 0.6 is 11.6 Å². The van der Waals surface area contributed by atoms with Crippen molar-refractivity contribution in [2.45, 2.75) is 51.5 Å². The van der Waals surface area contributed by atoms with Crippen molar-refractivity contribution >= 4 is 17.5 Å². The lowest BCUT2D eigenvalue weighted by atomic mass is 10.1. The number of nitrogens with one attached hydrogen (secondary N) is 1. The summed E-state index contributed by atoms with van der Waals surface area (Å²) in [4.78, 5) is 11.7. The maximum Gasteiger partial charge on any atom is 0.220 e. The van der Waals surface area contributed by atoms with Crippen LogP contribution in [0.3, 0.4) is 0 Å². The van der Waals surface area contributed by atoms with Gasteiger partial charge in [0.25, 0.3) is 0 Å². The summed E-state index contributed by atoms with van der Waals surface area (Å²) in [5.74, 6) is 0.0984. The first-order valence-corrected chi connectivity index (χ1v) is 6.90. The lowest BCUT2D eigenvalue weighted by Gasteiger charge is -2.15. The molecule has 0 aliphatic heterocycles. The number of hydrogen-bond acceptors (Lipinski definition) is 1. The van der Waals surface area contributed by atoms with E-state index in [0.29, 0.717) is 6.42 Å². The van der Waals surface area contributed by atoms with Crippen LogP contribution in [0.1, 0.15) is 37.8 Å². The van der Waals surface area contributed by atoms with Gasteiger partial charge in [0, 0.05) is 17.8 Å². The van der Waals surface area contributed by atoms with Crippen LogP contribution < -0.4 is 5.32 Å². The second-order valence-corrected chi connectivity index (χ2v) is 5.72. The summed E-state index contributed by atoms with van der Waals surface area (Å²) < 4.78 is 0. The standard InChI is InChI=1S/C15H22ClNO/c1-11-5-4-6-14(9-11)7-8-15(18)17-13(3)10-12(2)16/h4-6,9,12-13H,7-8,10H2,1-3H3,(H,17,18). The predicted octanol–water partition coefficient (Wildman–Crippen LogP) is 3.45. The van der Waals surface area contributed by atoms with Gasteiger partial charge in [-0.1, -0.05) is 29.8 Å². The summed E-state index contributed by atoms with van der Waals surface area (Å²) >= 11 is 5.90. The molecule has 0 heterocycles. The van der Waals surface area contributed by atoms with Crippen LogP contribution in [-0.2, 0) is 11.2 Å².